The number of hydrogen-bond acceptors (Lipinski definition) is 1. The van der Waals surface area contributed by atoms with Gasteiger partial charge in [-0.25, -0.2) is 0 Å². The van der Waals surface area contributed by atoms with Crippen molar-refractivity contribution in [3.63, 3.8) is 0 Å². The Morgan fingerprint density at radius 3 is 1.77 bits per heavy atom. The van der Waals surface area contributed by atoms with Crippen LogP contribution < -0.4 is 0 Å². The molecule has 0 aromatic carbocycles. The van der Waals surface area contributed by atoms with E-state index in [2.05, 4.69) is 33.9 Å². The van der Waals surface area contributed by atoms with Crippen LogP contribution in [0.5, 0.6) is 0 Å². The first kappa shape index (κ1) is 26.1. The van der Waals surface area contributed by atoms with Crippen molar-refractivity contribution in [1.29, 1.82) is 0 Å². The van der Waals surface area contributed by atoms with Gasteiger partial charge in [0.1, 0.15) is 5.78 Å². The van der Waals surface area contributed by atoms with Crippen molar-refractivity contribution in [1.82, 2.24) is 0 Å². The van der Waals surface area contributed by atoms with E-state index in [1.165, 1.54) is 0 Å². The molecule has 22 heavy (non-hydrogen) atoms. The van der Waals surface area contributed by atoms with E-state index in [0.717, 1.165) is 18.4 Å². The molecule has 0 aromatic rings. The van der Waals surface area contributed by atoms with Crippen molar-refractivity contribution in [3.8, 4) is 0 Å². The predicted molar refractivity (Wildman–Crippen MR) is 103 cm³/mol. The molecule has 1 aliphatic rings. The summed E-state index contributed by atoms with van der Waals surface area (Å²) < 4.78 is 0. The molecule has 0 heterocycles. The number of ketones is 1. The molecule has 0 N–H and O–H groups in total. The third-order valence-corrected chi connectivity index (χ3v) is 4.22. The Labute approximate surface area is 141 Å². The molecule has 1 heteroatoms. The number of carbonyl (C=O) groups excluding carboxylic acids is 1. The van der Waals surface area contributed by atoms with Crippen molar-refractivity contribution in [3.05, 3.63) is 24.8 Å². The molecule has 0 aromatic heterocycles. The van der Waals surface area contributed by atoms with E-state index in [9.17, 15) is 4.79 Å². The summed E-state index contributed by atoms with van der Waals surface area (Å²) in [6.07, 6.45) is 3.75. The summed E-state index contributed by atoms with van der Waals surface area (Å²) in [7, 11) is 0. The number of hydrogen-bond donors (Lipinski definition) is 0. The molecule has 1 rings (SSSR count). The van der Waals surface area contributed by atoms with E-state index < -0.39 is 0 Å². The highest BCUT2D eigenvalue weighted by Gasteiger charge is 2.60. The first-order valence-corrected chi connectivity index (χ1v) is 9.16. The second-order valence-electron chi connectivity index (χ2n) is 5.60. The quantitative estimate of drug-likeness (QED) is 0.479. The standard InChI is InChI=1S/C15H24O.3C2H6/c1-7-9-10(3)13(11(4)16)14-12(8-2)15(14,5)6;3*1-2/h7,12-14H,1,3,8-9H2,2,4-6H3;3*1-2H3/t12-,13+,14-;;;/m0.../s1. The van der Waals surface area contributed by atoms with Crippen LogP contribution in [0.25, 0.3) is 0 Å². The van der Waals surface area contributed by atoms with Crippen molar-refractivity contribution in [2.45, 2.75) is 82.1 Å². The van der Waals surface area contributed by atoms with Gasteiger partial charge in [-0.05, 0) is 30.6 Å². The lowest BCUT2D eigenvalue weighted by Gasteiger charge is -2.17. The largest absolute Gasteiger partial charge is 0.299 e. The SMILES string of the molecule is C=CCC(=C)[C@H](C(C)=O)[C@@H]1[C@H](CC)C1(C)C.CC.CC.CC. The fourth-order valence-electron chi connectivity index (χ4n) is 3.33. The number of Topliss-reactive ketones (excluding diaryl/α,β-unsaturated/α-hetero) is 1. The lowest BCUT2D eigenvalue weighted by molar-refractivity contribution is -0.120. The number of carbonyl (C=O) groups is 1. The minimum absolute atomic E-state index is 0.0398. The van der Waals surface area contributed by atoms with Gasteiger partial charge < -0.3 is 0 Å². The fraction of sp³-hybridized carbons (Fsp3) is 0.762. The summed E-state index contributed by atoms with van der Waals surface area (Å²) in [5.41, 5.74) is 1.34. The Hall–Kier alpha value is -0.850. The Morgan fingerprint density at radius 1 is 1.14 bits per heavy atom. The van der Waals surface area contributed by atoms with Crippen molar-refractivity contribution < 1.29 is 4.79 Å². The topological polar surface area (TPSA) is 17.1 Å². The van der Waals surface area contributed by atoms with Gasteiger partial charge in [-0.15, -0.1) is 6.58 Å². The van der Waals surface area contributed by atoms with Crippen LogP contribution in [-0.4, -0.2) is 5.78 Å². The van der Waals surface area contributed by atoms with Gasteiger partial charge in [-0.3, -0.25) is 4.79 Å². The molecule has 1 nitrogen and oxygen atoms in total. The van der Waals surface area contributed by atoms with E-state index in [1.807, 2.05) is 47.6 Å². The third-order valence-electron chi connectivity index (χ3n) is 4.22. The molecule has 0 radical (unpaired) electrons. The van der Waals surface area contributed by atoms with Crippen LogP contribution in [0.4, 0.5) is 0 Å². The molecule has 132 valence electrons. The molecule has 0 saturated heterocycles. The Balaban J connectivity index is -0.000000535. The molecule has 1 fully saturated rings. The van der Waals surface area contributed by atoms with Crippen molar-refractivity contribution in [2.24, 2.45) is 23.2 Å². The molecule has 0 amide bonds. The number of rotatable bonds is 6. The van der Waals surface area contributed by atoms with Gasteiger partial charge in [-0.2, -0.15) is 0 Å². The summed E-state index contributed by atoms with van der Waals surface area (Å²) in [6, 6.07) is 0. The first-order chi connectivity index (χ1) is 10.4. The van der Waals surface area contributed by atoms with Gasteiger partial charge in [-0.1, -0.05) is 87.0 Å². The zero-order valence-corrected chi connectivity index (χ0v) is 17.0. The third kappa shape index (κ3) is 6.94. The minimum Gasteiger partial charge on any atom is -0.299 e. The van der Waals surface area contributed by atoms with Crippen LogP contribution in [0.3, 0.4) is 0 Å². The van der Waals surface area contributed by atoms with E-state index >= 15 is 0 Å². The maximum atomic E-state index is 11.8. The predicted octanol–water partition coefficient (Wildman–Crippen LogP) is 7.08. The second kappa shape index (κ2) is 13.8. The Morgan fingerprint density at radius 2 is 1.55 bits per heavy atom. The Kier molecular flexibility index (Phi) is 16.3. The zero-order chi connectivity index (χ0) is 18.5. The lowest BCUT2D eigenvalue weighted by atomic mass is 9.86. The van der Waals surface area contributed by atoms with Gasteiger partial charge in [0, 0.05) is 5.92 Å². The molecule has 0 bridgehead atoms. The normalized spacial score (nSPS) is 21.4. The van der Waals surface area contributed by atoms with Crippen LogP contribution in [0.15, 0.2) is 24.8 Å². The Bertz CT molecular complexity index is 312. The average Bonchev–Trinajstić information content (AvgIpc) is 3.06. The molecular weight excluding hydrogens is 268 g/mol. The molecule has 1 aliphatic carbocycles. The fourth-order valence-corrected chi connectivity index (χ4v) is 3.33. The molecule has 1 saturated carbocycles. The maximum Gasteiger partial charge on any atom is 0.137 e. The van der Waals surface area contributed by atoms with Crippen LogP contribution in [0, 0.1) is 23.2 Å². The molecular formula is C21H42O. The van der Waals surface area contributed by atoms with Gasteiger partial charge >= 0.3 is 0 Å². The summed E-state index contributed by atoms with van der Waals surface area (Å²) >= 11 is 0. The second-order valence-corrected chi connectivity index (χ2v) is 5.60. The first-order valence-electron chi connectivity index (χ1n) is 9.16. The zero-order valence-electron chi connectivity index (χ0n) is 17.0. The van der Waals surface area contributed by atoms with Crippen LogP contribution >= 0.6 is 0 Å². The van der Waals surface area contributed by atoms with Crippen molar-refractivity contribution in [2.75, 3.05) is 0 Å². The van der Waals surface area contributed by atoms with Crippen molar-refractivity contribution >= 4 is 5.78 Å². The summed E-state index contributed by atoms with van der Waals surface area (Å²) in [4.78, 5) is 11.8. The van der Waals surface area contributed by atoms with E-state index in [1.54, 1.807) is 6.92 Å². The summed E-state index contributed by atoms with van der Waals surface area (Å²) in [5.74, 6) is 1.46. The van der Waals surface area contributed by atoms with E-state index in [4.69, 9.17) is 0 Å². The van der Waals surface area contributed by atoms with E-state index in [0.29, 0.717) is 17.3 Å². The summed E-state index contributed by atoms with van der Waals surface area (Å²) in [5, 5.41) is 0. The highest BCUT2D eigenvalue weighted by Crippen LogP contribution is 2.64. The minimum atomic E-state index is 0.0398. The van der Waals surface area contributed by atoms with Gasteiger partial charge in [0.25, 0.3) is 0 Å². The average molecular weight is 311 g/mol. The van der Waals surface area contributed by atoms with Crippen LogP contribution in [-0.2, 0) is 4.79 Å². The maximum absolute atomic E-state index is 11.8. The highest BCUT2D eigenvalue weighted by molar-refractivity contribution is 5.82. The summed E-state index contributed by atoms with van der Waals surface area (Å²) in [6.45, 7) is 28.2. The molecule has 0 aliphatic heterocycles. The van der Waals surface area contributed by atoms with Crippen LogP contribution in [0.2, 0.25) is 0 Å². The highest BCUT2D eigenvalue weighted by atomic mass is 16.1. The molecule has 0 spiro atoms. The van der Waals surface area contributed by atoms with E-state index in [-0.39, 0.29) is 11.7 Å². The van der Waals surface area contributed by atoms with Gasteiger partial charge in [0.2, 0.25) is 0 Å². The smallest absolute Gasteiger partial charge is 0.137 e. The van der Waals surface area contributed by atoms with Crippen LogP contribution in [0.1, 0.15) is 82.1 Å². The monoisotopic (exact) mass is 310 g/mol. The van der Waals surface area contributed by atoms with Gasteiger partial charge in [0.15, 0.2) is 0 Å². The molecule has 3 atom stereocenters. The molecule has 0 unspecified atom stereocenters. The van der Waals surface area contributed by atoms with Gasteiger partial charge in [0.05, 0.1) is 0 Å². The number of allylic oxidation sites excluding steroid dienone is 2. The lowest BCUT2D eigenvalue weighted by Crippen LogP contribution is -2.18.